The summed E-state index contributed by atoms with van der Waals surface area (Å²) in [7, 11) is 0. The van der Waals surface area contributed by atoms with E-state index in [1.54, 1.807) is 0 Å². The Bertz CT molecular complexity index is 907. The fourth-order valence-electron chi connectivity index (χ4n) is 3.04. The van der Waals surface area contributed by atoms with Crippen LogP contribution in [0, 0.1) is 0 Å². The third-order valence-electron chi connectivity index (χ3n) is 4.34. The highest BCUT2D eigenvalue weighted by Crippen LogP contribution is 2.31. The minimum atomic E-state index is 0.0144. The number of carbonyl (C=O) groups excluding carboxylic acids is 1. The van der Waals surface area contributed by atoms with Crippen LogP contribution in [0.5, 0.6) is 11.5 Å². The lowest BCUT2D eigenvalue weighted by molar-refractivity contribution is 0.111. The van der Waals surface area contributed by atoms with Crippen molar-refractivity contribution in [1.82, 2.24) is 0 Å². The van der Waals surface area contributed by atoms with Gasteiger partial charge in [-0.05, 0) is 33.9 Å². The molecule has 0 aliphatic carbocycles. The molecule has 3 heteroatoms. The van der Waals surface area contributed by atoms with Gasteiger partial charge in [-0.1, -0.05) is 69.3 Å². The number of hydrogen-bond acceptors (Lipinski definition) is 3. The van der Waals surface area contributed by atoms with Crippen molar-refractivity contribution in [2.75, 3.05) is 13.2 Å². The largest absolute Gasteiger partial charge is 0.490 e. The zero-order valence-corrected chi connectivity index (χ0v) is 15.5. The molecule has 3 aromatic carbocycles. The van der Waals surface area contributed by atoms with E-state index in [1.807, 2.05) is 54.6 Å². The smallest absolute Gasteiger partial charge is 0.154 e. The van der Waals surface area contributed by atoms with Crippen LogP contribution < -0.4 is 9.47 Å². The van der Waals surface area contributed by atoms with Crippen LogP contribution in [0.1, 0.15) is 36.7 Å². The highest BCUT2D eigenvalue weighted by molar-refractivity contribution is 6.00. The van der Waals surface area contributed by atoms with E-state index in [0.29, 0.717) is 24.5 Å². The molecule has 3 rings (SSSR count). The summed E-state index contributed by atoms with van der Waals surface area (Å²) < 4.78 is 11.8. The Balaban J connectivity index is 1.68. The van der Waals surface area contributed by atoms with Crippen molar-refractivity contribution in [3.63, 3.8) is 0 Å². The van der Waals surface area contributed by atoms with Gasteiger partial charge < -0.3 is 9.47 Å². The summed E-state index contributed by atoms with van der Waals surface area (Å²) in [5.41, 5.74) is 1.76. The fourth-order valence-corrected chi connectivity index (χ4v) is 3.04. The van der Waals surface area contributed by atoms with Crippen LogP contribution in [-0.2, 0) is 5.41 Å². The van der Waals surface area contributed by atoms with E-state index in [4.69, 9.17) is 9.47 Å². The van der Waals surface area contributed by atoms with Crippen molar-refractivity contribution in [1.29, 1.82) is 0 Å². The van der Waals surface area contributed by atoms with Crippen molar-refractivity contribution in [2.45, 2.75) is 26.2 Å². The van der Waals surface area contributed by atoms with Gasteiger partial charge in [0.05, 0.1) is 5.56 Å². The first-order chi connectivity index (χ1) is 12.5. The van der Waals surface area contributed by atoms with E-state index in [1.165, 1.54) is 5.56 Å². The molecule has 3 nitrogen and oxygen atoms in total. The number of rotatable bonds is 6. The van der Waals surface area contributed by atoms with Crippen LogP contribution in [-0.4, -0.2) is 19.5 Å². The molecule has 0 spiro atoms. The summed E-state index contributed by atoms with van der Waals surface area (Å²) in [6, 6.07) is 19.7. The normalized spacial score (nSPS) is 11.3. The molecule has 0 bridgehead atoms. The molecule has 0 atom stereocenters. The quantitative estimate of drug-likeness (QED) is 0.441. The molecule has 26 heavy (non-hydrogen) atoms. The Morgan fingerprint density at radius 2 is 1.46 bits per heavy atom. The molecular weight excluding hydrogens is 324 g/mol. The molecular formula is C23H24O3. The minimum Gasteiger partial charge on any atom is -0.490 e. The van der Waals surface area contributed by atoms with Crippen molar-refractivity contribution < 1.29 is 14.3 Å². The Kier molecular flexibility index (Phi) is 5.27. The highest BCUT2D eigenvalue weighted by Gasteiger charge is 2.18. The summed E-state index contributed by atoms with van der Waals surface area (Å²) in [5.74, 6) is 1.46. The van der Waals surface area contributed by atoms with Crippen molar-refractivity contribution in [2.24, 2.45) is 0 Å². The van der Waals surface area contributed by atoms with E-state index in [2.05, 4.69) is 26.8 Å². The average molecular weight is 348 g/mol. The summed E-state index contributed by atoms with van der Waals surface area (Å²) >= 11 is 0. The van der Waals surface area contributed by atoms with E-state index < -0.39 is 0 Å². The summed E-state index contributed by atoms with van der Waals surface area (Å²) in [6.45, 7) is 7.28. The zero-order valence-electron chi connectivity index (χ0n) is 15.5. The molecule has 3 aromatic rings. The summed E-state index contributed by atoms with van der Waals surface area (Å²) in [6.07, 6.45) is 0.855. The molecule has 0 aromatic heterocycles. The second-order valence-corrected chi connectivity index (χ2v) is 7.26. The standard InChI is InChI=1S/C23H24O3/c1-23(2,3)20-10-6-7-11-22(20)26-15-14-25-21-13-12-17-8-4-5-9-18(17)19(21)16-24/h4-13,16H,14-15H2,1-3H3. The SMILES string of the molecule is CC(C)(C)c1ccccc1OCCOc1ccc2ccccc2c1C=O. The number of carbonyl (C=O) groups is 1. The molecule has 0 saturated carbocycles. The molecule has 0 radical (unpaired) electrons. The van der Waals surface area contributed by atoms with Crippen LogP contribution in [0.3, 0.4) is 0 Å². The number of benzene rings is 3. The predicted molar refractivity (Wildman–Crippen MR) is 105 cm³/mol. The second-order valence-electron chi connectivity index (χ2n) is 7.26. The number of hydrogen-bond donors (Lipinski definition) is 0. The first kappa shape index (κ1) is 18.0. The Morgan fingerprint density at radius 3 is 2.19 bits per heavy atom. The van der Waals surface area contributed by atoms with Gasteiger partial charge in [0, 0.05) is 0 Å². The zero-order chi connectivity index (χ0) is 18.6. The van der Waals surface area contributed by atoms with Crippen molar-refractivity contribution in [3.05, 3.63) is 71.8 Å². The van der Waals surface area contributed by atoms with Crippen LogP contribution in [0.25, 0.3) is 10.8 Å². The Morgan fingerprint density at radius 1 is 0.808 bits per heavy atom. The first-order valence-corrected chi connectivity index (χ1v) is 8.83. The third-order valence-corrected chi connectivity index (χ3v) is 4.34. The molecule has 0 unspecified atom stereocenters. The van der Waals surface area contributed by atoms with Crippen molar-refractivity contribution in [3.8, 4) is 11.5 Å². The van der Waals surface area contributed by atoms with Crippen LogP contribution in [0.2, 0.25) is 0 Å². The summed E-state index contributed by atoms with van der Waals surface area (Å²) in [5, 5.41) is 1.93. The predicted octanol–water partition coefficient (Wildman–Crippen LogP) is 5.41. The van der Waals surface area contributed by atoms with E-state index in [0.717, 1.165) is 22.8 Å². The highest BCUT2D eigenvalue weighted by atomic mass is 16.5. The molecule has 0 N–H and O–H groups in total. The molecule has 0 aliphatic heterocycles. The topological polar surface area (TPSA) is 35.5 Å². The Labute approximate surface area is 154 Å². The van der Waals surface area contributed by atoms with Gasteiger partial charge in [-0.15, -0.1) is 0 Å². The Hall–Kier alpha value is -2.81. The second kappa shape index (κ2) is 7.61. The number of ether oxygens (including phenoxy) is 2. The third kappa shape index (κ3) is 3.88. The van der Waals surface area contributed by atoms with Gasteiger partial charge >= 0.3 is 0 Å². The van der Waals surface area contributed by atoms with Gasteiger partial charge in [-0.3, -0.25) is 4.79 Å². The maximum absolute atomic E-state index is 11.5. The maximum Gasteiger partial charge on any atom is 0.154 e. The maximum atomic E-state index is 11.5. The molecule has 0 heterocycles. The van der Waals surface area contributed by atoms with E-state index in [-0.39, 0.29) is 5.41 Å². The number of fused-ring (bicyclic) bond motifs is 1. The number of aldehydes is 1. The van der Waals surface area contributed by atoms with Crippen LogP contribution in [0.15, 0.2) is 60.7 Å². The molecule has 134 valence electrons. The molecule has 0 saturated heterocycles. The van der Waals surface area contributed by atoms with Gasteiger partial charge in [-0.25, -0.2) is 0 Å². The van der Waals surface area contributed by atoms with Gasteiger partial charge in [0.1, 0.15) is 24.7 Å². The van der Waals surface area contributed by atoms with Crippen molar-refractivity contribution >= 4 is 17.1 Å². The monoisotopic (exact) mass is 348 g/mol. The average Bonchev–Trinajstić information content (AvgIpc) is 2.64. The van der Waals surface area contributed by atoms with Gasteiger partial charge in [0.25, 0.3) is 0 Å². The van der Waals surface area contributed by atoms with Crippen LogP contribution >= 0.6 is 0 Å². The first-order valence-electron chi connectivity index (χ1n) is 8.83. The van der Waals surface area contributed by atoms with E-state index in [9.17, 15) is 4.79 Å². The van der Waals surface area contributed by atoms with Gasteiger partial charge in [0.2, 0.25) is 0 Å². The van der Waals surface area contributed by atoms with Gasteiger partial charge in [-0.2, -0.15) is 0 Å². The lowest BCUT2D eigenvalue weighted by atomic mass is 9.86. The summed E-state index contributed by atoms with van der Waals surface area (Å²) in [4.78, 5) is 11.5. The van der Waals surface area contributed by atoms with Crippen LogP contribution in [0.4, 0.5) is 0 Å². The van der Waals surface area contributed by atoms with E-state index >= 15 is 0 Å². The number of para-hydroxylation sites is 1. The molecule has 0 aliphatic rings. The lowest BCUT2D eigenvalue weighted by Gasteiger charge is -2.22. The molecule has 0 fully saturated rings. The lowest BCUT2D eigenvalue weighted by Crippen LogP contribution is -2.16. The fraction of sp³-hybridized carbons (Fsp3) is 0.261. The minimum absolute atomic E-state index is 0.0144. The van der Waals surface area contributed by atoms with Gasteiger partial charge in [0.15, 0.2) is 6.29 Å². The molecule has 0 amide bonds.